The smallest absolute Gasteiger partial charge is 0.337 e. The Labute approximate surface area is 181 Å². The van der Waals surface area contributed by atoms with E-state index in [1.807, 2.05) is 36.4 Å². The van der Waals surface area contributed by atoms with Crippen LogP contribution in [0.5, 0.6) is 0 Å². The maximum Gasteiger partial charge on any atom is 0.337 e. The zero-order chi connectivity index (χ0) is 21.5. The van der Waals surface area contributed by atoms with Crippen molar-refractivity contribution in [1.29, 1.82) is 0 Å². The molecule has 3 aromatic rings. The molecule has 3 rings (SSSR count). The molecule has 1 aromatic heterocycles. The van der Waals surface area contributed by atoms with Crippen molar-refractivity contribution in [1.82, 2.24) is 4.57 Å². The standard InChI is InChI=1S/C25H24ClNO3/c1-3-18-5-4-6-20(17-18)9-13-23-22(26)12-14-24(28)27(23)16-15-19-7-10-21(11-8-19)25(29)30-2/h4-14,17H,3,15-16H2,1-2H3/b13-9+. The molecule has 0 fully saturated rings. The van der Waals surface area contributed by atoms with Crippen LogP contribution >= 0.6 is 11.6 Å². The lowest BCUT2D eigenvalue weighted by atomic mass is 10.1. The molecule has 0 unspecified atom stereocenters. The second kappa shape index (κ2) is 10.1. The van der Waals surface area contributed by atoms with E-state index >= 15 is 0 Å². The molecule has 2 aromatic carbocycles. The fraction of sp³-hybridized carbons (Fsp3) is 0.200. The fourth-order valence-electron chi connectivity index (χ4n) is 3.23. The summed E-state index contributed by atoms with van der Waals surface area (Å²) in [5.41, 5.74) is 4.40. The molecule has 0 saturated heterocycles. The molecule has 30 heavy (non-hydrogen) atoms. The third kappa shape index (κ3) is 5.28. The molecule has 5 heteroatoms. The second-order valence-electron chi connectivity index (χ2n) is 6.93. The minimum atomic E-state index is -0.368. The molecular formula is C25H24ClNO3. The highest BCUT2D eigenvalue weighted by Crippen LogP contribution is 2.18. The largest absolute Gasteiger partial charge is 0.465 e. The second-order valence-corrected chi connectivity index (χ2v) is 7.33. The minimum absolute atomic E-state index is 0.104. The highest BCUT2D eigenvalue weighted by Gasteiger charge is 2.08. The first-order chi connectivity index (χ1) is 14.5. The number of pyridine rings is 1. The lowest BCUT2D eigenvalue weighted by Crippen LogP contribution is -2.22. The lowest BCUT2D eigenvalue weighted by Gasteiger charge is -2.12. The number of halogens is 1. The van der Waals surface area contributed by atoms with Gasteiger partial charge in [-0.2, -0.15) is 0 Å². The monoisotopic (exact) mass is 421 g/mol. The van der Waals surface area contributed by atoms with Gasteiger partial charge in [-0.25, -0.2) is 4.79 Å². The van der Waals surface area contributed by atoms with Crippen LogP contribution in [-0.4, -0.2) is 17.6 Å². The first-order valence-electron chi connectivity index (χ1n) is 9.85. The molecule has 0 radical (unpaired) electrons. The number of aromatic nitrogens is 1. The van der Waals surface area contributed by atoms with E-state index in [0.29, 0.717) is 29.2 Å². The maximum atomic E-state index is 12.5. The molecule has 0 aliphatic rings. The number of hydrogen-bond acceptors (Lipinski definition) is 3. The van der Waals surface area contributed by atoms with E-state index in [2.05, 4.69) is 19.1 Å². The molecule has 0 atom stereocenters. The number of ether oxygens (including phenoxy) is 1. The van der Waals surface area contributed by atoms with Gasteiger partial charge in [-0.05, 0) is 53.8 Å². The Morgan fingerprint density at radius 1 is 1.03 bits per heavy atom. The van der Waals surface area contributed by atoms with E-state index in [9.17, 15) is 9.59 Å². The zero-order valence-electron chi connectivity index (χ0n) is 17.1. The van der Waals surface area contributed by atoms with Gasteiger partial charge in [0.2, 0.25) is 0 Å². The molecule has 0 spiro atoms. The summed E-state index contributed by atoms with van der Waals surface area (Å²) in [6.45, 7) is 2.60. The van der Waals surface area contributed by atoms with Crippen molar-refractivity contribution in [3.63, 3.8) is 0 Å². The number of carbonyl (C=O) groups is 1. The van der Waals surface area contributed by atoms with Crippen molar-refractivity contribution in [2.75, 3.05) is 7.11 Å². The van der Waals surface area contributed by atoms with E-state index < -0.39 is 0 Å². The fourth-order valence-corrected chi connectivity index (χ4v) is 3.45. The predicted molar refractivity (Wildman–Crippen MR) is 122 cm³/mol. The van der Waals surface area contributed by atoms with Crippen molar-refractivity contribution < 1.29 is 9.53 Å². The van der Waals surface area contributed by atoms with Crippen LogP contribution in [0.4, 0.5) is 0 Å². The van der Waals surface area contributed by atoms with Crippen LogP contribution in [0.1, 0.15) is 39.7 Å². The zero-order valence-corrected chi connectivity index (χ0v) is 17.9. The molecular weight excluding hydrogens is 398 g/mol. The summed E-state index contributed by atoms with van der Waals surface area (Å²) in [6, 6.07) is 18.6. The summed E-state index contributed by atoms with van der Waals surface area (Å²) in [6.07, 6.45) is 5.46. The van der Waals surface area contributed by atoms with E-state index in [0.717, 1.165) is 17.5 Å². The summed E-state index contributed by atoms with van der Waals surface area (Å²) in [5, 5.41) is 0.526. The highest BCUT2D eigenvalue weighted by molar-refractivity contribution is 6.32. The Morgan fingerprint density at radius 3 is 2.50 bits per heavy atom. The van der Waals surface area contributed by atoms with Crippen molar-refractivity contribution in [2.45, 2.75) is 26.3 Å². The van der Waals surface area contributed by atoms with Gasteiger partial charge in [-0.3, -0.25) is 4.79 Å². The normalized spacial score (nSPS) is 11.0. The number of hydrogen-bond donors (Lipinski definition) is 0. The van der Waals surface area contributed by atoms with Crippen LogP contribution in [0.25, 0.3) is 12.2 Å². The minimum Gasteiger partial charge on any atom is -0.465 e. The van der Waals surface area contributed by atoms with Gasteiger partial charge in [0.05, 0.1) is 23.4 Å². The third-order valence-corrected chi connectivity index (χ3v) is 5.29. The summed E-state index contributed by atoms with van der Waals surface area (Å²) in [7, 11) is 1.36. The number of benzene rings is 2. The Bertz CT molecular complexity index is 1110. The van der Waals surface area contributed by atoms with Crippen LogP contribution in [0.3, 0.4) is 0 Å². The predicted octanol–water partition coefficient (Wildman–Crippen LogP) is 5.26. The summed E-state index contributed by atoms with van der Waals surface area (Å²) < 4.78 is 6.40. The maximum absolute atomic E-state index is 12.5. The average molecular weight is 422 g/mol. The Kier molecular flexibility index (Phi) is 7.26. The van der Waals surface area contributed by atoms with E-state index in [1.54, 1.807) is 22.8 Å². The molecule has 1 heterocycles. The first kappa shape index (κ1) is 21.6. The number of esters is 1. The van der Waals surface area contributed by atoms with Gasteiger partial charge in [0.15, 0.2) is 0 Å². The van der Waals surface area contributed by atoms with E-state index in [1.165, 1.54) is 18.7 Å². The van der Waals surface area contributed by atoms with Gasteiger partial charge in [0, 0.05) is 12.6 Å². The first-order valence-corrected chi connectivity index (χ1v) is 10.2. The van der Waals surface area contributed by atoms with Crippen LogP contribution in [-0.2, 0) is 24.1 Å². The SMILES string of the molecule is CCc1cccc(/C=C/c2c(Cl)ccc(=O)n2CCc2ccc(C(=O)OC)cc2)c1. The molecule has 0 aliphatic carbocycles. The van der Waals surface area contributed by atoms with Crippen molar-refractivity contribution in [3.05, 3.63) is 104 Å². The van der Waals surface area contributed by atoms with Gasteiger partial charge in [0.1, 0.15) is 0 Å². The molecule has 154 valence electrons. The van der Waals surface area contributed by atoms with Gasteiger partial charge >= 0.3 is 5.97 Å². The topological polar surface area (TPSA) is 48.3 Å². The Balaban J connectivity index is 1.83. The van der Waals surface area contributed by atoms with Crippen LogP contribution in [0.2, 0.25) is 5.02 Å². The average Bonchev–Trinajstić information content (AvgIpc) is 2.78. The van der Waals surface area contributed by atoms with Gasteiger partial charge in [0.25, 0.3) is 5.56 Å². The van der Waals surface area contributed by atoms with Crippen LogP contribution in [0.15, 0.2) is 65.5 Å². The van der Waals surface area contributed by atoms with Gasteiger partial charge in [-0.1, -0.05) is 61.0 Å². The van der Waals surface area contributed by atoms with Crippen LogP contribution < -0.4 is 5.56 Å². The quantitative estimate of drug-likeness (QED) is 0.488. The number of rotatable bonds is 7. The summed E-state index contributed by atoms with van der Waals surface area (Å²) in [5.74, 6) is -0.368. The summed E-state index contributed by atoms with van der Waals surface area (Å²) >= 11 is 6.42. The van der Waals surface area contributed by atoms with Gasteiger partial charge < -0.3 is 9.30 Å². The van der Waals surface area contributed by atoms with Crippen molar-refractivity contribution in [3.8, 4) is 0 Å². The molecule has 4 nitrogen and oxygen atoms in total. The number of nitrogens with zero attached hydrogens (tertiary/aromatic N) is 1. The number of carbonyl (C=O) groups excluding carboxylic acids is 1. The molecule has 0 aliphatic heterocycles. The van der Waals surface area contributed by atoms with E-state index in [4.69, 9.17) is 16.3 Å². The van der Waals surface area contributed by atoms with Crippen molar-refractivity contribution in [2.24, 2.45) is 0 Å². The molecule has 0 saturated carbocycles. The van der Waals surface area contributed by atoms with Crippen molar-refractivity contribution >= 4 is 29.7 Å². The molecule has 0 N–H and O–H groups in total. The van der Waals surface area contributed by atoms with Crippen LogP contribution in [0, 0.1) is 0 Å². The Hall–Kier alpha value is -3.11. The molecule has 0 bridgehead atoms. The number of methoxy groups -OCH3 is 1. The Morgan fingerprint density at radius 2 is 1.80 bits per heavy atom. The molecule has 0 amide bonds. The highest BCUT2D eigenvalue weighted by atomic mass is 35.5. The number of aryl methyl sites for hydroxylation is 2. The van der Waals surface area contributed by atoms with Gasteiger partial charge in [-0.15, -0.1) is 0 Å². The lowest BCUT2D eigenvalue weighted by molar-refractivity contribution is 0.0600. The third-order valence-electron chi connectivity index (χ3n) is 4.97. The van der Waals surface area contributed by atoms with E-state index in [-0.39, 0.29) is 11.5 Å². The summed E-state index contributed by atoms with van der Waals surface area (Å²) in [4.78, 5) is 24.1.